The number of hydrogen-bond acceptors (Lipinski definition) is 3. The zero-order valence-electron chi connectivity index (χ0n) is 14.2. The Morgan fingerprint density at radius 1 is 1.12 bits per heavy atom. The van der Waals surface area contributed by atoms with E-state index in [0.717, 1.165) is 5.56 Å². The minimum absolute atomic E-state index is 0.133. The smallest absolute Gasteiger partial charge is 0.406 e. The van der Waals surface area contributed by atoms with E-state index in [9.17, 15) is 13.2 Å². The Morgan fingerprint density at radius 3 is 2.42 bits per heavy atom. The lowest BCUT2D eigenvalue weighted by molar-refractivity contribution is -0.274. The number of benzodiazepines with no additional fused rings is 1. The minimum atomic E-state index is -4.76. The number of nitrogens with zero attached hydrogens (tertiary/aromatic N) is 1. The van der Waals surface area contributed by atoms with Crippen LogP contribution in [0.1, 0.15) is 25.0 Å². The van der Waals surface area contributed by atoms with E-state index in [1.807, 2.05) is 44.2 Å². The Hall–Kier alpha value is -2.41. The molecule has 1 atom stereocenters. The van der Waals surface area contributed by atoms with Gasteiger partial charge in [0.1, 0.15) is 16.8 Å². The van der Waals surface area contributed by atoms with Crippen LogP contribution >= 0.6 is 12.2 Å². The number of rotatable bonds is 3. The van der Waals surface area contributed by atoms with Gasteiger partial charge in [0.15, 0.2) is 0 Å². The molecule has 0 aromatic heterocycles. The summed E-state index contributed by atoms with van der Waals surface area (Å²) in [5.74, 6) is -0.162. The summed E-state index contributed by atoms with van der Waals surface area (Å²) < 4.78 is 41.9. The molecule has 0 spiro atoms. The number of anilines is 1. The second-order valence-corrected chi connectivity index (χ2v) is 6.72. The molecular formula is C19H17F3N2OS. The van der Waals surface area contributed by atoms with Gasteiger partial charge in [0.25, 0.3) is 0 Å². The van der Waals surface area contributed by atoms with Gasteiger partial charge in [0.05, 0.1) is 5.71 Å². The molecule has 0 fully saturated rings. The average Bonchev–Trinajstić information content (AvgIpc) is 2.70. The fraction of sp³-hybridized carbons (Fsp3) is 0.263. The van der Waals surface area contributed by atoms with Crippen molar-refractivity contribution in [1.82, 2.24) is 0 Å². The Balaban J connectivity index is 2.17. The number of halogens is 3. The van der Waals surface area contributed by atoms with Crippen molar-refractivity contribution in [3.05, 3.63) is 59.7 Å². The highest BCUT2D eigenvalue weighted by Crippen LogP contribution is 2.32. The largest absolute Gasteiger partial charge is 0.573 e. The van der Waals surface area contributed by atoms with Gasteiger partial charge in [0.2, 0.25) is 0 Å². The van der Waals surface area contributed by atoms with Crippen molar-refractivity contribution in [2.45, 2.75) is 26.3 Å². The summed E-state index contributed by atoms with van der Waals surface area (Å²) in [4.78, 5) is 5.32. The number of fused-ring (bicyclic) bond motifs is 1. The maximum Gasteiger partial charge on any atom is 0.573 e. The molecule has 2 aromatic carbocycles. The van der Waals surface area contributed by atoms with Crippen LogP contribution in [0.4, 0.5) is 18.9 Å². The number of benzene rings is 2. The lowest BCUT2D eigenvalue weighted by Crippen LogP contribution is -2.28. The van der Waals surface area contributed by atoms with E-state index in [-0.39, 0.29) is 17.7 Å². The van der Waals surface area contributed by atoms with E-state index in [0.29, 0.717) is 22.0 Å². The van der Waals surface area contributed by atoms with Crippen LogP contribution in [0.15, 0.2) is 53.5 Å². The molecule has 3 nitrogen and oxygen atoms in total. The van der Waals surface area contributed by atoms with Gasteiger partial charge < -0.3 is 10.1 Å². The van der Waals surface area contributed by atoms with E-state index >= 15 is 0 Å². The van der Waals surface area contributed by atoms with Gasteiger partial charge in [-0.25, -0.2) is 0 Å². The highest BCUT2D eigenvalue weighted by molar-refractivity contribution is 7.80. The minimum Gasteiger partial charge on any atom is -0.406 e. The molecule has 0 bridgehead atoms. The van der Waals surface area contributed by atoms with Crippen LogP contribution in [-0.4, -0.2) is 23.1 Å². The monoisotopic (exact) mass is 378 g/mol. The quantitative estimate of drug-likeness (QED) is 0.746. The van der Waals surface area contributed by atoms with Crippen molar-refractivity contribution in [2.75, 3.05) is 5.32 Å². The fourth-order valence-electron chi connectivity index (χ4n) is 2.78. The first kappa shape index (κ1) is 18.4. The SMILES string of the molecule is CC(C)[C@@H]1N=C(c2ccccc2)c2cc(OC(F)(F)F)ccc2NC1=S. The summed E-state index contributed by atoms with van der Waals surface area (Å²) in [7, 11) is 0. The number of alkyl halides is 3. The number of ether oxygens (including phenoxy) is 1. The van der Waals surface area contributed by atoms with Crippen molar-refractivity contribution in [2.24, 2.45) is 10.9 Å². The molecule has 0 radical (unpaired) electrons. The Bertz CT molecular complexity index is 848. The second kappa shape index (κ2) is 7.07. The summed E-state index contributed by atoms with van der Waals surface area (Å²) in [6.45, 7) is 4.00. The summed E-state index contributed by atoms with van der Waals surface area (Å²) in [6.07, 6.45) is -4.76. The average molecular weight is 378 g/mol. The normalized spacial score (nSPS) is 17.2. The van der Waals surface area contributed by atoms with Crippen molar-refractivity contribution >= 4 is 28.6 Å². The Kier molecular flexibility index (Phi) is 5.00. The van der Waals surface area contributed by atoms with Crippen molar-refractivity contribution in [3.8, 4) is 5.75 Å². The molecule has 2 aromatic rings. The molecule has 7 heteroatoms. The van der Waals surface area contributed by atoms with Crippen LogP contribution in [-0.2, 0) is 0 Å². The van der Waals surface area contributed by atoms with Gasteiger partial charge in [-0.15, -0.1) is 13.2 Å². The number of aliphatic imine (C=N–C) groups is 1. The van der Waals surface area contributed by atoms with Gasteiger partial charge in [-0.2, -0.15) is 0 Å². The van der Waals surface area contributed by atoms with E-state index in [1.165, 1.54) is 18.2 Å². The van der Waals surface area contributed by atoms with Gasteiger partial charge >= 0.3 is 6.36 Å². The predicted molar refractivity (Wildman–Crippen MR) is 100 cm³/mol. The molecule has 0 amide bonds. The van der Waals surface area contributed by atoms with Gasteiger partial charge in [-0.05, 0) is 24.1 Å². The molecule has 136 valence electrons. The molecule has 1 heterocycles. The van der Waals surface area contributed by atoms with Crippen LogP contribution in [0.2, 0.25) is 0 Å². The third-order valence-electron chi connectivity index (χ3n) is 3.95. The summed E-state index contributed by atoms with van der Waals surface area (Å²) >= 11 is 5.46. The van der Waals surface area contributed by atoms with E-state index in [1.54, 1.807) is 0 Å². The number of hydrogen-bond donors (Lipinski definition) is 1. The van der Waals surface area contributed by atoms with E-state index in [2.05, 4.69) is 10.1 Å². The maximum absolute atomic E-state index is 12.6. The maximum atomic E-state index is 12.6. The summed E-state index contributed by atoms with van der Waals surface area (Å²) in [6, 6.07) is 13.2. The lowest BCUT2D eigenvalue weighted by Gasteiger charge is -2.17. The summed E-state index contributed by atoms with van der Waals surface area (Å²) in [5, 5.41) is 3.12. The van der Waals surface area contributed by atoms with Gasteiger partial charge in [-0.1, -0.05) is 56.4 Å². The van der Waals surface area contributed by atoms with Crippen molar-refractivity contribution in [1.29, 1.82) is 0 Å². The van der Waals surface area contributed by atoms with Gasteiger partial charge in [-0.3, -0.25) is 4.99 Å². The van der Waals surface area contributed by atoms with Crippen LogP contribution in [0.25, 0.3) is 0 Å². The molecule has 1 aliphatic rings. The fourth-order valence-corrected chi connectivity index (χ4v) is 3.21. The van der Waals surface area contributed by atoms with Crippen LogP contribution in [0.3, 0.4) is 0 Å². The number of thiocarbonyl (C=S) groups is 1. The molecule has 0 saturated heterocycles. The molecular weight excluding hydrogens is 361 g/mol. The second-order valence-electron chi connectivity index (χ2n) is 6.28. The number of nitrogens with one attached hydrogen (secondary N) is 1. The molecule has 26 heavy (non-hydrogen) atoms. The third kappa shape index (κ3) is 4.04. The molecule has 0 aliphatic carbocycles. The molecule has 0 saturated carbocycles. The zero-order valence-corrected chi connectivity index (χ0v) is 15.0. The van der Waals surface area contributed by atoms with Crippen molar-refractivity contribution in [3.63, 3.8) is 0 Å². The lowest BCUT2D eigenvalue weighted by atomic mass is 10.00. The predicted octanol–water partition coefficient (Wildman–Crippen LogP) is 5.20. The standard InChI is InChI=1S/C19H17F3N2OS/c1-11(2)16-18(26)23-15-9-8-13(25-19(20,21)22)10-14(15)17(24-16)12-6-4-3-5-7-12/h3-11,16H,1-2H3,(H,23,26)/t16-/m0/s1. The van der Waals surface area contributed by atoms with Crippen LogP contribution < -0.4 is 10.1 Å². The van der Waals surface area contributed by atoms with Crippen LogP contribution in [0, 0.1) is 5.92 Å². The topological polar surface area (TPSA) is 33.6 Å². The highest BCUT2D eigenvalue weighted by Gasteiger charge is 2.32. The Morgan fingerprint density at radius 2 is 1.81 bits per heavy atom. The van der Waals surface area contributed by atoms with Crippen LogP contribution in [0.5, 0.6) is 5.75 Å². The first-order chi connectivity index (χ1) is 12.2. The highest BCUT2D eigenvalue weighted by atomic mass is 32.1. The molecule has 1 aliphatic heterocycles. The van der Waals surface area contributed by atoms with Gasteiger partial charge in [0, 0.05) is 16.8 Å². The zero-order chi connectivity index (χ0) is 18.9. The summed E-state index contributed by atoms with van der Waals surface area (Å²) in [5.41, 5.74) is 2.51. The Labute approximate surface area is 154 Å². The van der Waals surface area contributed by atoms with Crippen molar-refractivity contribution < 1.29 is 17.9 Å². The first-order valence-corrected chi connectivity index (χ1v) is 8.49. The molecule has 1 N–H and O–H groups in total. The molecule has 0 unspecified atom stereocenters. The third-order valence-corrected chi connectivity index (χ3v) is 4.30. The molecule has 3 rings (SSSR count). The van der Waals surface area contributed by atoms with E-state index in [4.69, 9.17) is 17.2 Å². The van der Waals surface area contributed by atoms with E-state index < -0.39 is 6.36 Å². The first-order valence-electron chi connectivity index (χ1n) is 8.09.